The van der Waals surface area contributed by atoms with Gasteiger partial charge in [0.2, 0.25) is 5.91 Å². The molecule has 0 aromatic carbocycles. The van der Waals surface area contributed by atoms with Crippen LogP contribution in [0.4, 0.5) is 0 Å². The van der Waals surface area contributed by atoms with Gasteiger partial charge in [-0.3, -0.25) is 4.79 Å². The van der Waals surface area contributed by atoms with Crippen LogP contribution < -0.4 is 10.6 Å². The van der Waals surface area contributed by atoms with E-state index in [1.54, 1.807) is 0 Å². The van der Waals surface area contributed by atoms with E-state index in [1.165, 1.54) is 12.8 Å². The van der Waals surface area contributed by atoms with Crippen LogP contribution in [0.25, 0.3) is 0 Å². The topological polar surface area (TPSA) is 41.1 Å². The Labute approximate surface area is 99.4 Å². The maximum absolute atomic E-state index is 11.5. The van der Waals surface area contributed by atoms with E-state index in [1.807, 2.05) is 0 Å². The second-order valence-electron chi connectivity index (χ2n) is 4.99. The summed E-state index contributed by atoms with van der Waals surface area (Å²) < 4.78 is 0. The molecule has 2 unspecified atom stereocenters. The quantitative estimate of drug-likeness (QED) is 0.679. The van der Waals surface area contributed by atoms with Crippen LogP contribution >= 0.6 is 0 Å². The molecule has 94 valence electrons. The lowest BCUT2D eigenvalue weighted by Gasteiger charge is -2.29. The molecular formula is C13H26N2O. The van der Waals surface area contributed by atoms with E-state index in [2.05, 4.69) is 24.5 Å². The maximum atomic E-state index is 11.5. The predicted octanol–water partition coefficient (Wildman–Crippen LogP) is 1.93. The highest BCUT2D eigenvalue weighted by molar-refractivity contribution is 5.75. The van der Waals surface area contributed by atoms with Crippen molar-refractivity contribution in [1.82, 2.24) is 10.6 Å². The number of hydrogen-bond acceptors (Lipinski definition) is 2. The Morgan fingerprint density at radius 1 is 1.44 bits per heavy atom. The van der Waals surface area contributed by atoms with Crippen LogP contribution in [0.3, 0.4) is 0 Å². The molecule has 3 heteroatoms. The first-order valence-corrected chi connectivity index (χ1v) is 6.71. The van der Waals surface area contributed by atoms with E-state index < -0.39 is 0 Å². The summed E-state index contributed by atoms with van der Waals surface area (Å²) in [6, 6.07) is 0. The lowest BCUT2D eigenvalue weighted by atomic mass is 9.88. The van der Waals surface area contributed by atoms with E-state index >= 15 is 0 Å². The third kappa shape index (κ3) is 4.97. The smallest absolute Gasteiger partial charge is 0.220 e. The van der Waals surface area contributed by atoms with Gasteiger partial charge in [0.1, 0.15) is 0 Å². The summed E-state index contributed by atoms with van der Waals surface area (Å²) in [5, 5.41) is 6.46. The number of carbonyl (C=O) groups excluding carboxylic acids is 1. The Morgan fingerprint density at radius 2 is 2.25 bits per heavy atom. The number of piperidine rings is 1. The molecular weight excluding hydrogens is 200 g/mol. The minimum Gasteiger partial charge on any atom is -0.356 e. The van der Waals surface area contributed by atoms with E-state index in [9.17, 15) is 4.79 Å². The zero-order valence-corrected chi connectivity index (χ0v) is 10.7. The number of carbonyl (C=O) groups is 1. The predicted molar refractivity (Wildman–Crippen MR) is 67.3 cm³/mol. The molecule has 1 aliphatic rings. The molecule has 0 aliphatic carbocycles. The number of rotatable bonds is 6. The molecule has 1 fully saturated rings. The molecule has 2 N–H and O–H groups in total. The highest BCUT2D eigenvalue weighted by atomic mass is 16.1. The van der Waals surface area contributed by atoms with Gasteiger partial charge in [-0.2, -0.15) is 0 Å². The summed E-state index contributed by atoms with van der Waals surface area (Å²) in [5.41, 5.74) is 0. The summed E-state index contributed by atoms with van der Waals surface area (Å²) >= 11 is 0. The minimum absolute atomic E-state index is 0.235. The second-order valence-corrected chi connectivity index (χ2v) is 4.99. The van der Waals surface area contributed by atoms with E-state index in [4.69, 9.17) is 0 Å². The van der Waals surface area contributed by atoms with Crippen LogP contribution in [-0.2, 0) is 4.79 Å². The average molecular weight is 226 g/mol. The molecule has 0 aromatic rings. The molecule has 0 radical (unpaired) electrons. The monoisotopic (exact) mass is 226 g/mol. The van der Waals surface area contributed by atoms with Crippen molar-refractivity contribution in [2.45, 2.75) is 46.0 Å². The minimum atomic E-state index is 0.235. The normalized spacial score (nSPS) is 25.4. The standard InChI is InChI=1S/C13H26N2O/c1-3-4-5-6-13(16)15-10-12-7-8-14-9-11(12)2/h11-12,14H,3-10H2,1-2H3,(H,15,16). The van der Waals surface area contributed by atoms with Crippen LogP contribution in [0, 0.1) is 11.8 Å². The molecule has 0 bridgehead atoms. The van der Waals surface area contributed by atoms with Crippen LogP contribution in [0.5, 0.6) is 0 Å². The zero-order chi connectivity index (χ0) is 11.8. The summed E-state index contributed by atoms with van der Waals surface area (Å²) in [6.45, 7) is 7.49. The van der Waals surface area contributed by atoms with Crippen LogP contribution in [0.2, 0.25) is 0 Å². The first-order chi connectivity index (χ1) is 7.74. The Hall–Kier alpha value is -0.570. The van der Waals surface area contributed by atoms with E-state index in [0.29, 0.717) is 18.3 Å². The molecule has 1 amide bonds. The van der Waals surface area contributed by atoms with Crippen molar-refractivity contribution in [2.24, 2.45) is 11.8 Å². The Kier molecular flexibility index (Phi) is 6.46. The Morgan fingerprint density at radius 3 is 2.94 bits per heavy atom. The fourth-order valence-electron chi connectivity index (χ4n) is 2.24. The molecule has 0 saturated carbocycles. The van der Waals surface area contributed by atoms with Crippen molar-refractivity contribution < 1.29 is 4.79 Å². The highest BCUT2D eigenvalue weighted by Crippen LogP contribution is 2.17. The molecule has 1 aliphatic heterocycles. The number of amides is 1. The van der Waals surface area contributed by atoms with Crippen molar-refractivity contribution in [2.75, 3.05) is 19.6 Å². The van der Waals surface area contributed by atoms with Crippen LogP contribution in [-0.4, -0.2) is 25.5 Å². The number of hydrogen-bond donors (Lipinski definition) is 2. The third-order valence-corrected chi connectivity index (χ3v) is 3.53. The van der Waals surface area contributed by atoms with Gasteiger partial charge in [0.15, 0.2) is 0 Å². The molecule has 1 rings (SSSR count). The molecule has 0 aromatic heterocycles. The molecule has 0 spiro atoms. The summed E-state index contributed by atoms with van der Waals surface area (Å²) in [5.74, 6) is 1.58. The van der Waals surface area contributed by atoms with Gasteiger partial charge < -0.3 is 10.6 Å². The Balaban J connectivity index is 2.10. The van der Waals surface area contributed by atoms with Gasteiger partial charge in [-0.05, 0) is 37.8 Å². The first-order valence-electron chi connectivity index (χ1n) is 6.71. The Bertz CT molecular complexity index is 206. The van der Waals surface area contributed by atoms with Crippen LogP contribution in [0.15, 0.2) is 0 Å². The average Bonchev–Trinajstić information content (AvgIpc) is 2.28. The van der Waals surface area contributed by atoms with Gasteiger partial charge in [0, 0.05) is 13.0 Å². The van der Waals surface area contributed by atoms with Gasteiger partial charge >= 0.3 is 0 Å². The lowest BCUT2D eigenvalue weighted by Crippen LogP contribution is -2.41. The SMILES string of the molecule is CCCCCC(=O)NCC1CCNCC1C. The van der Waals surface area contributed by atoms with Crippen molar-refractivity contribution >= 4 is 5.91 Å². The van der Waals surface area contributed by atoms with Crippen molar-refractivity contribution in [3.8, 4) is 0 Å². The van der Waals surface area contributed by atoms with Gasteiger partial charge in [-0.25, -0.2) is 0 Å². The number of nitrogens with one attached hydrogen (secondary N) is 2. The molecule has 1 saturated heterocycles. The third-order valence-electron chi connectivity index (χ3n) is 3.53. The van der Waals surface area contributed by atoms with Gasteiger partial charge in [-0.15, -0.1) is 0 Å². The second kappa shape index (κ2) is 7.66. The summed E-state index contributed by atoms with van der Waals surface area (Å²) in [7, 11) is 0. The largest absolute Gasteiger partial charge is 0.356 e. The molecule has 16 heavy (non-hydrogen) atoms. The first kappa shape index (κ1) is 13.5. The van der Waals surface area contributed by atoms with Gasteiger partial charge in [0.05, 0.1) is 0 Å². The van der Waals surface area contributed by atoms with Crippen LogP contribution in [0.1, 0.15) is 46.0 Å². The summed E-state index contributed by atoms with van der Waals surface area (Å²) in [4.78, 5) is 11.5. The van der Waals surface area contributed by atoms with Gasteiger partial charge in [0.25, 0.3) is 0 Å². The molecule has 2 atom stereocenters. The van der Waals surface area contributed by atoms with E-state index in [-0.39, 0.29) is 5.91 Å². The fourth-order valence-corrected chi connectivity index (χ4v) is 2.24. The van der Waals surface area contributed by atoms with Crippen molar-refractivity contribution in [3.63, 3.8) is 0 Å². The summed E-state index contributed by atoms with van der Waals surface area (Å²) in [6.07, 6.45) is 5.27. The molecule has 3 nitrogen and oxygen atoms in total. The fraction of sp³-hybridized carbons (Fsp3) is 0.923. The van der Waals surface area contributed by atoms with Gasteiger partial charge in [-0.1, -0.05) is 26.7 Å². The highest BCUT2D eigenvalue weighted by Gasteiger charge is 2.20. The number of unbranched alkanes of at least 4 members (excludes halogenated alkanes) is 2. The van der Waals surface area contributed by atoms with Crippen molar-refractivity contribution in [3.05, 3.63) is 0 Å². The van der Waals surface area contributed by atoms with Crippen molar-refractivity contribution in [1.29, 1.82) is 0 Å². The van der Waals surface area contributed by atoms with E-state index in [0.717, 1.165) is 32.5 Å². The molecule has 1 heterocycles. The maximum Gasteiger partial charge on any atom is 0.220 e. The zero-order valence-electron chi connectivity index (χ0n) is 10.7. The lowest BCUT2D eigenvalue weighted by molar-refractivity contribution is -0.121.